The Labute approximate surface area is 110 Å². The molecule has 1 aromatic heterocycles. The molecule has 7 nitrogen and oxygen atoms in total. The SMILES string of the molecule is O=C(NCc1cccnc1)NC1COCC1C(=O)O. The molecule has 1 fully saturated rings. The summed E-state index contributed by atoms with van der Waals surface area (Å²) in [6.45, 7) is 0.686. The van der Waals surface area contributed by atoms with Crippen LogP contribution in [-0.2, 0) is 16.1 Å². The number of urea groups is 1. The molecule has 0 spiro atoms. The minimum atomic E-state index is -0.963. The van der Waals surface area contributed by atoms with Crippen molar-refractivity contribution in [3.8, 4) is 0 Å². The van der Waals surface area contributed by atoms with Gasteiger partial charge in [-0.15, -0.1) is 0 Å². The van der Waals surface area contributed by atoms with Crippen LogP contribution < -0.4 is 10.6 Å². The Kier molecular flexibility index (Phi) is 4.30. The monoisotopic (exact) mass is 265 g/mol. The van der Waals surface area contributed by atoms with E-state index in [1.807, 2.05) is 6.07 Å². The van der Waals surface area contributed by atoms with Crippen LogP contribution in [0.1, 0.15) is 5.56 Å². The van der Waals surface area contributed by atoms with Crippen molar-refractivity contribution in [2.75, 3.05) is 13.2 Å². The van der Waals surface area contributed by atoms with Crippen molar-refractivity contribution in [3.05, 3.63) is 30.1 Å². The average molecular weight is 265 g/mol. The zero-order chi connectivity index (χ0) is 13.7. The Bertz CT molecular complexity index is 452. The van der Waals surface area contributed by atoms with Gasteiger partial charge in [-0.25, -0.2) is 4.79 Å². The zero-order valence-corrected chi connectivity index (χ0v) is 10.2. The van der Waals surface area contributed by atoms with Gasteiger partial charge in [0.25, 0.3) is 0 Å². The van der Waals surface area contributed by atoms with E-state index in [-0.39, 0.29) is 13.2 Å². The Morgan fingerprint density at radius 3 is 3.00 bits per heavy atom. The summed E-state index contributed by atoms with van der Waals surface area (Å²) in [5, 5.41) is 14.2. The van der Waals surface area contributed by atoms with E-state index in [4.69, 9.17) is 9.84 Å². The summed E-state index contributed by atoms with van der Waals surface area (Å²) in [4.78, 5) is 26.5. The van der Waals surface area contributed by atoms with Gasteiger partial charge in [0.1, 0.15) is 5.92 Å². The zero-order valence-electron chi connectivity index (χ0n) is 10.2. The van der Waals surface area contributed by atoms with Gasteiger partial charge in [0.05, 0.1) is 19.3 Å². The van der Waals surface area contributed by atoms with Gasteiger partial charge in [-0.1, -0.05) is 6.07 Å². The smallest absolute Gasteiger partial charge is 0.315 e. The molecule has 1 aliphatic rings. The second-order valence-corrected chi connectivity index (χ2v) is 4.28. The first kappa shape index (κ1) is 13.3. The lowest BCUT2D eigenvalue weighted by Gasteiger charge is -2.16. The maximum Gasteiger partial charge on any atom is 0.315 e. The first-order valence-corrected chi connectivity index (χ1v) is 5.90. The van der Waals surface area contributed by atoms with Crippen LogP contribution in [0.2, 0.25) is 0 Å². The molecular formula is C12H15N3O4. The molecular weight excluding hydrogens is 250 g/mol. The molecule has 1 saturated heterocycles. The number of nitrogens with zero attached hydrogens (tertiary/aromatic N) is 1. The van der Waals surface area contributed by atoms with E-state index < -0.39 is 24.0 Å². The Morgan fingerprint density at radius 2 is 2.32 bits per heavy atom. The van der Waals surface area contributed by atoms with Crippen LogP contribution >= 0.6 is 0 Å². The van der Waals surface area contributed by atoms with Crippen LogP contribution in [0.25, 0.3) is 0 Å². The quantitative estimate of drug-likeness (QED) is 0.710. The van der Waals surface area contributed by atoms with Crippen molar-refractivity contribution in [1.82, 2.24) is 15.6 Å². The van der Waals surface area contributed by atoms with Crippen LogP contribution in [-0.4, -0.2) is 41.3 Å². The van der Waals surface area contributed by atoms with Crippen molar-refractivity contribution < 1.29 is 19.4 Å². The Balaban J connectivity index is 1.80. The Morgan fingerprint density at radius 1 is 1.47 bits per heavy atom. The third-order valence-corrected chi connectivity index (χ3v) is 2.89. The molecule has 2 amide bonds. The van der Waals surface area contributed by atoms with Crippen molar-refractivity contribution in [3.63, 3.8) is 0 Å². The highest BCUT2D eigenvalue weighted by Crippen LogP contribution is 2.13. The predicted octanol–water partition coefficient (Wildman–Crippen LogP) is -0.0196. The highest BCUT2D eigenvalue weighted by molar-refractivity contribution is 5.77. The maximum atomic E-state index is 11.6. The normalized spacial score (nSPS) is 21.9. The van der Waals surface area contributed by atoms with Gasteiger partial charge in [-0.3, -0.25) is 9.78 Å². The van der Waals surface area contributed by atoms with E-state index in [1.54, 1.807) is 18.5 Å². The van der Waals surface area contributed by atoms with Gasteiger partial charge in [-0.05, 0) is 11.6 Å². The third kappa shape index (κ3) is 3.65. The fraction of sp³-hybridized carbons (Fsp3) is 0.417. The number of carboxylic acids is 1. The second-order valence-electron chi connectivity index (χ2n) is 4.28. The average Bonchev–Trinajstić information content (AvgIpc) is 2.86. The summed E-state index contributed by atoms with van der Waals surface area (Å²) in [5.41, 5.74) is 0.870. The summed E-state index contributed by atoms with van der Waals surface area (Å²) in [6, 6.07) is 2.71. The van der Waals surface area contributed by atoms with Crippen LogP contribution in [0, 0.1) is 5.92 Å². The van der Waals surface area contributed by atoms with Gasteiger partial charge in [-0.2, -0.15) is 0 Å². The largest absolute Gasteiger partial charge is 0.481 e. The number of hydrogen-bond donors (Lipinski definition) is 3. The van der Waals surface area contributed by atoms with E-state index >= 15 is 0 Å². The van der Waals surface area contributed by atoms with E-state index in [2.05, 4.69) is 15.6 Å². The summed E-state index contributed by atoms with van der Waals surface area (Å²) in [6.07, 6.45) is 3.30. The van der Waals surface area contributed by atoms with E-state index in [0.717, 1.165) is 5.56 Å². The lowest BCUT2D eigenvalue weighted by atomic mass is 10.0. The first-order valence-electron chi connectivity index (χ1n) is 5.90. The van der Waals surface area contributed by atoms with Gasteiger partial charge in [0.15, 0.2) is 0 Å². The summed E-state index contributed by atoms with van der Waals surface area (Å²) in [7, 11) is 0. The molecule has 102 valence electrons. The number of carbonyl (C=O) groups is 2. The number of nitrogens with one attached hydrogen (secondary N) is 2. The fourth-order valence-electron chi connectivity index (χ4n) is 1.84. The summed E-state index contributed by atoms with van der Waals surface area (Å²) < 4.78 is 5.06. The molecule has 2 atom stereocenters. The number of carboxylic acid groups (broad SMARTS) is 1. The van der Waals surface area contributed by atoms with Gasteiger partial charge in [0.2, 0.25) is 0 Å². The summed E-state index contributed by atoms with van der Waals surface area (Å²) >= 11 is 0. The molecule has 19 heavy (non-hydrogen) atoms. The molecule has 2 unspecified atom stereocenters. The number of ether oxygens (including phenoxy) is 1. The minimum absolute atomic E-state index is 0.128. The van der Waals surface area contributed by atoms with Crippen molar-refractivity contribution >= 4 is 12.0 Å². The number of hydrogen-bond acceptors (Lipinski definition) is 4. The molecule has 2 heterocycles. The van der Waals surface area contributed by atoms with Crippen LogP contribution in [0.3, 0.4) is 0 Å². The molecule has 7 heteroatoms. The Hall–Kier alpha value is -2.15. The number of aliphatic carboxylic acids is 1. The van der Waals surface area contributed by atoms with Crippen molar-refractivity contribution in [2.45, 2.75) is 12.6 Å². The summed E-state index contributed by atoms with van der Waals surface area (Å²) in [5.74, 6) is -1.65. The molecule has 0 radical (unpaired) electrons. The fourth-order valence-corrected chi connectivity index (χ4v) is 1.84. The lowest BCUT2D eigenvalue weighted by Crippen LogP contribution is -2.47. The molecule has 3 N–H and O–H groups in total. The molecule has 0 bridgehead atoms. The standard InChI is InChI=1S/C12H15N3O4/c16-11(17)9-6-19-7-10(9)15-12(18)14-5-8-2-1-3-13-4-8/h1-4,9-10H,5-7H2,(H,16,17)(H2,14,15,18). The van der Waals surface area contributed by atoms with Crippen LogP contribution in [0.4, 0.5) is 4.79 Å². The highest BCUT2D eigenvalue weighted by atomic mass is 16.5. The molecule has 2 rings (SSSR count). The van der Waals surface area contributed by atoms with Crippen LogP contribution in [0.15, 0.2) is 24.5 Å². The minimum Gasteiger partial charge on any atom is -0.481 e. The van der Waals surface area contributed by atoms with Crippen molar-refractivity contribution in [2.24, 2.45) is 5.92 Å². The predicted molar refractivity (Wildman–Crippen MR) is 65.3 cm³/mol. The second kappa shape index (κ2) is 6.14. The van der Waals surface area contributed by atoms with E-state index in [9.17, 15) is 9.59 Å². The van der Waals surface area contributed by atoms with Crippen LogP contribution in [0.5, 0.6) is 0 Å². The number of rotatable bonds is 4. The first-order chi connectivity index (χ1) is 9.16. The van der Waals surface area contributed by atoms with E-state index in [0.29, 0.717) is 6.54 Å². The number of aromatic nitrogens is 1. The van der Waals surface area contributed by atoms with E-state index in [1.165, 1.54) is 0 Å². The number of carbonyl (C=O) groups excluding carboxylic acids is 1. The molecule has 0 aromatic carbocycles. The molecule has 0 aliphatic carbocycles. The lowest BCUT2D eigenvalue weighted by molar-refractivity contribution is -0.142. The topological polar surface area (TPSA) is 101 Å². The van der Waals surface area contributed by atoms with Gasteiger partial charge < -0.3 is 20.5 Å². The third-order valence-electron chi connectivity index (χ3n) is 2.89. The highest BCUT2D eigenvalue weighted by Gasteiger charge is 2.34. The maximum absolute atomic E-state index is 11.6. The van der Waals surface area contributed by atoms with Crippen molar-refractivity contribution in [1.29, 1.82) is 0 Å². The molecule has 0 saturated carbocycles. The van der Waals surface area contributed by atoms with Gasteiger partial charge >= 0.3 is 12.0 Å². The number of pyridine rings is 1. The number of amides is 2. The molecule has 1 aliphatic heterocycles. The molecule has 1 aromatic rings. The van der Waals surface area contributed by atoms with Gasteiger partial charge in [0, 0.05) is 18.9 Å².